The van der Waals surface area contributed by atoms with Gasteiger partial charge in [0.25, 0.3) is 5.91 Å². The average Bonchev–Trinajstić information content (AvgIpc) is 3.11. The van der Waals surface area contributed by atoms with Crippen LogP contribution in [0.15, 0.2) is 57.9 Å². The zero-order chi connectivity index (χ0) is 20.1. The van der Waals surface area contributed by atoms with Crippen LogP contribution in [0.2, 0.25) is 0 Å². The van der Waals surface area contributed by atoms with Gasteiger partial charge in [-0.15, -0.1) is 11.3 Å². The lowest BCUT2D eigenvalue weighted by Crippen LogP contribution is -2.13. The Bertz CT molecular complexity index is 1080. The normalized spacial score (nSPS) is 11.9. The summed E-state index contributed by atoms with van der Waals surface area (Å²) < 4.78 is 7.12. The smallest absolute Gasteiger partial charge is 0.252 e. The summed E-state index contributed by atoms with van der Waals surface area (Å²) in [4.78, 5) is 16.5. The van der Waals surface area contributed by atoms with Crippen molar-refractivity contribution in [2.24, 2.45) is 15.8 Å². The molecule has 0 unspecified atom stereocenters. The lowest BCUT2D eigenvalue weighted by Gasteiger charge is -2.07. The summed E-state index contributed by atoms with van der Waals surface area (Å²) in [5.74, 6) is -0.0495. The van der Waals surface area contributed by atoms with Gasteiger partial charge in [0.2, 0.25) is 4.80 Å². The molecule has 7 nitrogen and oxygen atoms in total. The molecule has 0 bridgehead atoms. The van der Waals surface area contributed by atoms with Gasteiger partial charge >= 0.3 is 0 Å². The number of rotatable bonds is 6. The molecule has 3 aromatic rings. The number of carbonyl (C=O) groups is 1. The number of amides is 1. The van der Waals surface area contributed by atoms with Crippen molar-refractivity contribution in [2.75, 3.05) is 13.7 Å². The number of hydrogen-bond acceptors (Lipinski definition) is 6. The molecule has 3 rings (SSSR count). The van der Waals surface area contributed by atoms with E-state index in [1.165, 1.54) is 17.4 Å². The number of benzene rings is 2. The number of nitrogens with zero attached hydrogens (tertiary/aromatic N) is 3. The van der Waals surface area contributed by atoms with E-state index < -0.39 is 5.91 Å². The Kier molecular flexibility index (Phi) is 5.90. The number of hydrogen-bond donors (Lipinski definition) is 2. The van der Waals surface area contributed by atoms with Crippen molar-refractivity contribution in [3.63, 3.8) is 0 Å². The van der Waals surface area contributed by atoms with Gasteiger partial charge in [-0.25, -0.2) is 4.68 Å². The van der Waals surface area contributed by atoms with Crippen LogP contribution in [0.25, 0.3) is 11.3 Å². The molecule has 1 amide bonds. The summed E-state index contributed by atoms with van der Waals surface area (Å²) >= 11 is 1.42. The van der Waals surface area contributed by atoms with E-state index in [0.29, 0.717) is 17.0 Å². The second-order valence-corrected chi connectivity index (χ2v) is 6.62. The molecular weight excluding hydrogens is 376 g/mol. The predicted octanol–water partition coefficient (Wildman–Crippen LogP) is 2.83. The highest BCUT2D eigenvalue weighted by Gasteiger charge is 2.13. The quantitative estimate of drug-likeness (QED) is 0.626. The highest BCUT2D eigenvalue weighted by molar-refractivity contribution is 7.07. The number of primary amides is 1. The molecule has 2 aromatic carbocycles. The van der Waals surface area contributed by atoms with Crippen molar-refractivity contribution in [1.82, 2.24) is 4.68 Å². The van der Waals surface area contributed by atoms with Crippen molar-refractivity contribution in [3.05, 3.63) is 63.8 Å². The van der Waals surface area contributed by atoms with E-state index in [1.807, 2.05) is 36.6 Å². The third kappa shape index (κ3) is 4.12. The van der Waals surface area contributed by atoms with E-state index in [9.17, 15) is 9.90 Å². The van der Waals surface area contributed by atoms with Gasteiger partial charge in [0.15, 0.2) is 0 Å². The standard InChI is InChI=1S/C20H20N4O3S/c1-3-27-15-7-4-13(5-8-15)11-23-24-17(12-28-20(24)22-2)14-6-9-18(25)16(10-14)19(21)26/h4-12,25H,3H2,1-2H3,(H2,21,26)/b22-20?,23-11+. The van der Waals surface area contributed by atoms with Crippen LogP contribution in [0, 0.1) is 0 Å². The first-order valence-electron chi connectivity index (χ1n) is 8.57. The first-order valence-corrected chi connectivity index (χ1v) is 9.45. The first-order chi connectivity index (χ1) is 13.5. The molecule has 0 aliphatic rings. The summed E-state index contributed by atoms with van der Waals surface area (Å²) in [7, 11) is 1.68. The molecule has 0 aliphatic heterocycles. The number of carbonyl (C=O) groups excluding carboxylic acids is 1. The zero-order valence-electron chi connectivity index (χ0n) is 15.5. The molecule has 0 saturated heterocycles. The summed E-state index contributed by atoms with van der Waals surface area (Å²) in [5, 5.41) is 16.3. The van der Waals surface area contributed by atoms with Crippen LogP contribution in [0.4, 0.5) is 0 Å². The van der Waals surface area contributed by atoms with Crippen LogP contribution < -0.4 is 15.3 Å². The zero-order valence-corrected chi connectivity index (χ0v) is 16.3. The fourth-order valence-corrected chi connectivity index (χ4v) is 3.40. The molecule has 0 aliphatic carbocycles. The number of phenols is 1. The Morgan fingerprint density at radius 2 is 2.04 bits per heavy atom. The van der Waals surface area contributed by atoms with Crippen molar-refractivity contribution in [2.45, 2.75) is 6.92 Å². The second kappa shape index (κ2) is 8.53. The van der Waals surface area contributed by atoms with Crippen LogP contribution in [0.1, 0.15) is 22.8 Å². The SMILES string of the molecule is CCOc1ccc(/C=N/n2c(-c3ccc(O)c(C(N)=O)c3)csc2=NC)cc1. The van der Waals surface area contributed by atoms with E-state index in [-0.39, 0.29) is 11.3 Å². The highest BCUT2D eigenvalue weighted by atomic mass is 32.1. The van der Waals surface area contributed by atoms with Crippen molar-refractivity contribution < 1.29 is 14.6 Å². The molecule has 0 radical (unpaired) electrons. The van der Waals surface area contributed by atoms with Crippen molar-refractivity contribution in [1.29, 1.82) is 0 Å². The Morgan fingerprint density at radius 1 is 1.29 bits per heavy atom. The maximum absolute atomic E-state index is 11.5. The lowest BCUT2D eigenvalue weighted by atomic mass is 10.1. The van der Waals surface area contributed by atoms with E-state index in [2.05, 4.69) is 10.1 Å². The van der Waals surface area contributed by atoms with Gasteiger partial charge in [-0.05, 0) is 55.0 Å². The van der Waals surface area contributed by atoms with Gasteiger partial charge in [-0.1, -0.05) is 0 Å². The molecule has 1 heterocycles. The Morgan fingerprint density at radius 3 is 2.68 bits per heavy atom. The second-order valence-electron chi connectivity index (χ2n) is 5.78. The fourth-order valence-electron chi connectivity index (χ4n) is 2.59. The van der Waals surface area contributed by atoms with E-state index in [0.717, 1.165) is 17.0 Å². The summed E-state index contributed by atoms with van der Waals surface area (Å²) in [6, 6.07) is 12.3. The van der Waals surface area contributed by atoms with Gasteiger partial charge in [-0.3, -0.25) is 9.79 Å². The number of aromatic hydroxyl groups is 1. The van der Waals surface area contributed by atoms with Crippen molar-refractivity contribution in [3.8, 4) is 22.8 Å². The Labute approximate surface area is 166 Å². The molecule has 1 aromatic heterocycles. The van der Waals surface area contributed by atoms with Crippen LogP contribution in [0.3, 0.4) is 0 Å². The molecule has 0 saturated carbocycles. The van der Waals surface area contributed by atoms with Gasteiger partial charge in [0.05, 0.1) is 24.1 Å². The van der Waals surface area contributed by atoms with Gasteiger partial charge in [-0.2, -0.15) is 5.10 Å². The molecule has 28 heavy (non-hydrogen) atoms. The van der Waals surface area contributed by atoms with E-state index in [4.69, 9.17) is 10.5 Å². The summed E-state index contributed by atoms with van der Waals surface area (Å²) in [5.41, 5.74) is 7.72. The van der Waals surface area contributed by atoms with Crippen LogP contribution in [0.5, 0.6) is 11.5 Å². The van der Waals surface area contributed by atoms with E-state index in [1.54, 1.807) is 30.1 Å². The topological polar surface area (TPSA) is 102 Å². The fraction of sp³-hybridized carbons (Fsp3) is 0.150. The molecule has 0 spiro atoms. The van der Waals surface area contributed by atoms with E-state index >= 15 is 0 Å². The first kappa shape index (κ1) is 19.4. The van der Waals surface area contributed by atoms with Gasteiger partial charge in [0.1, 0.15) is 11.5 Å². The van der Waals surface area contributed by atoms with Crippen molar-refractivity contribution >= 4 is 23.5 Å². The minimum absolute atomic E-state index is 0.0562. The minimum atomic E-state index is -0.695. The third-order valence-electron chi connectivity index (χ3n) is 3.95. The molecule has 0 atom stereocenters. The molecule has 0 fully saturated rings. The molecule has 8 heteroatoms. The number of nitrogens with two attached hydrogens (primary N) is 1. The molecule has 144 valence electrons. The Hall–Kier alpha value is -3.39. The summed E-state index contributed by atoms with van der Waals surface area (Å²) in [6.07, 6.45) is 1.72. The van der Waals surface area contributed by atoms with Gasteiger partial charge in [0, 0.05) is 18.0 Å². The van der Waals surface area contributed by atoms with Crippen LogP contribution >= 0.6 is 11.3 Å². The number of aromatic nitrogens is 1. The van der Waals surface area contributed by atoms with Gasteiger partial charge < -0.3 is 15.6 Å². The molecular formula is C20H20N4O3S. The maximum Gasteiger partial charge on any atom is 0.252 e. The predicted molar refractivity (Wildman–Crippen MR) is 110 cm³/mol. The lowest BCUT2D eigenvalue weighted by molar-refractivity contribution is 0.0998. The average molecular weight is 396 g/mol. The highest BCUT2D eigenvalue weighted by Crippen LogP contribution is 2.26. The monoisotopic (exact) mass is 396 g/mol. The van der Waals surface area contributed by atoms with Crippen LogP contribution in [-0.2, 0) is 0 Å². The third-order valence-corrected chi connectivity index (χ3v) is 4.86. The minimum Gasteiger partial charge on any atom is -0.507 e. The summed E-state index contributed by atoms with van der Waals surface area (Å²) in [6.45, 7) is 2.55. The number of thiazole rings is 1. The molecule has 3 N–H and O–H groups in total. The number of ether oxygens (including phenoxy) is 1. The largest absolute Gasteiger partial charge is 0.507 e. The van der Waals surface area contributed by atoms with Crippen LogP contribution in [-0.4, -0.2) is 35.6 Å². The maximum atomic E-state index is 11.5. The Balaban J connectivity index is 2.00.